The summed E-state index contributed by atoms with van der Waals surface area (Å²) in [7, 11) is 0. The first-order valence-electron chi connectivity index (χ1n) is 3.01. The van der Waals surface area contributed by atoms with Crippen LogP contribution in [0.15, 0.2) is 28.2 Å². The lowest BCUT2D eigenvalue weighted by Crippen LogP contribution is -2.08. The maximum atomic E-state index is 11.0. The van der Waals surface area contributed by atoms with Crippen LogP contribution in [0.25, 0.3) is 0 Å². The van der Waals surface area contributed by atoms with Crippen LogP contribution in [-0.4, -0.2) is 10.8 Å². The molecular weight excluding hydrogens is 146 g/mol. The fourth-order valence-corrected chi connectivity index (χ4v) is 1.71. The fraction of sp³-hybridized carbons (Fsp3) is 0.143. The summed E-state index contributed by atoms with van der Waals surface area (Å²) in [6.45, 7) is 0. The Morgan fingerprint density at radius 3 is 3.30 bits per heavy atom. The van der Waals surface area contributed by atoms with Gasteiger partial charge in [0.2, 0.25) is 5.12 Å². The van der Waals surface area contributed by atoms with Crippen LogP contribution in [0.2, 0.25) is 0 Å². The van der Waals surface area contributed by atoms with Gasteiger partial charge >= 0.3 is 0 Å². The summed E-state index contributed by atoms with van der Waals surface area (Å²) in [6, 6.07) is 0. The zero-order valence-corrected chi connectivity index (χ0v) is 6.02. The second kappa shape index (κ2) is 2.09. The van der Waals surface area contributed by atoms with Crippen LogP contribution >= 0.6 is 11.8 Å². The van der Waals surface area contributed by atoms with Gasteiger partial charge in [-0.15, -0.1) is 0 Å². The monoisotopic (exact) mass is 151 g/mol. The Morgan fingerprint density at radius 2 is 2.50 bits per heavy atom. The van der Waals surface area contributed by atoms with Crippen LogP contribution in [0.5, 0.6) is 0 Å². The van der Waals surface area contributed by atoms with Crippen molar-refractivity contribution in [3.63, 3.8) is 0 Å². The molecule has 0 bridgehead atoms. The van der Waals surface area contributed by atoms with Gasteiger partial charge < -0.3 is 0 Å². The second-order valence-corrected chi connectivity index (χ2v) is 2.96. The Bertz CT molecular complexity index is 275. The first-order chi connectivity index (χ1) is 4.88. The van der Waals surface area contributed by atoms with Crippen molar-refractivity contribution >= 4 is 22.6 Å². The average molecular weight is 151 g/mol. The Kier molecular flexibility index (Phi) is 1.24. The average Bonchev–Trinajstić information content (AvgIpc) is 2.34. The molecule has 0 spiro atoms. The third-order valence-electron chi connectivity index (χ3n) is 1.45. The van der Waals surface area contributed by atoms with E-state index in [-0.39, 0.29) is 5.12 Å². The first-order valence-corrected chi connectivity index (χ1v) is 3.89. The Morgan fingerprint density at radius 1 is 1.60 bits per heavy atom. The van der Waals surface area contributed by atoms with Crippen LogP contribution < -0.4 is 0 Å². The highest BCUT2D eigenvalue weighted by Gasteiger charge is 2.22. The summed E-state index contributed by atoms with van der Waals surface area (Å²) < 4.78 is 0. The minimum absolute atomic E-state index is 0.0827. The van der Waals surface area contributed by atoms with E-state index in [1.807, 2.05) is 11.5 Å². The molecule has 2 heterocycles. The van der Waals surface area contributed by atoms with Crippen molar-refractivity contribution in [3.05, 3.63) is 23.3 Å². The summed E-state index contributed by atoms with van der Waals surface area (Å²) in [6.07, 6.45) is 4.50. The van der Waals surface area contributed by atoms with Crippen molar-refractivity contribution in [2.75, 3.05) is 0 Å². The van der Waals surface area contributed by atoms with E-state index in [4.69, 9.17) is 0 Å². The summed E-state index contributed by atoms with van der Waals surface area (Å²) in [5.41, 5.74) is 1.71. The third kappa shape index (κ3) is 0.743. The highest BCUT2D eigenvalue weighted by molar-refractivity contribution is 8.18. The molecule has 2 aliphatic heterocycles. The molecule has 0 fully saturated rings. The smallest absolute Gasteiger partial charge is 0.242 e. The number of carbonyl (C=O) groups excluding carboxylic acids is 1. The standard InChI is InChI=1S/C7H5NOS/c9-7-6-5(4-10-7)2-1-3-8-6/h1,3-4H,2H2. The van der Waals surface area contributed by atoms with Gasteiger partial charge in [0.15, 0.2) is 0 Å². The number of allylic oxidation sites excluding steroid dienone is 2. The summed E-state index contributed by atoms with van der Waals surface area (Å²) in [4.78, 5) is 14.9. The lowest BCUT2D eigenvalue weighted by molar-refractivity contribution is -0.105. The van der Waals surface area contributed by atoms with Crippen molar-refractivity contribution in [2.24, 2.45) is 4.99 Å². The van der Waals surface area contributed by atoms with Gasteiger partial charge in [0, 0.05) is 6.20 Å². The van der Waals surface area contributed by atoms with Crippen LogP contribution in [0, 0.1) is 0 Å². The summed E-state index contributed by atoms with van der Waals surface area (Å²) in [5, 5.41) is 1.96. The predicted molar refractivity (Wildman–Crippen MR) is 41.9 cm³/mol. The third-order valence-corrected chi connectivity index (χ3v) is 2.26. The van der Waals surface area contributed by atoms with E-state index >= 15 is 0 Å². The second-order valence-electron chi connectivity index (χ2n) is 2.12. The molecule has 0 aliphatic carbocycles. The van der Waals surface area contributed by atoms with Crippen molar-refractivity contribution in [1.82, 2.24) is 0 Å². The number of thioether (sulfide) groups is 1. The highest BCUT2D eigenvalue weighted by atomic mass is 32.2. The van der Waals surface area contributed by atoms with Crippen molar-refractivity contribution < 1.29 is 4.79 Å². The molecule has 0 saturated heterocycles. The van der Waals surface area contributed by atoms with E-state index in [1.165, 1.54) is 11.8 Å². The zero-order chi connectivity index (χ0) is 6.97. The molecule has 2 aliphatic rings. The molecule has 2 nitrogen and oxygen atoms in total. The molecule has 0 aromatic heterocycles. The molecule has 50 valence electrons. The number of aliphatic imine (C=N–C) groups is 1. The van der Waals surface area contributed by atoms with E-state index in [0.29, 0.717) is 5.71 Å². The van der Waals surface area contributed by atoms with Gasteiger partial charge in [-0.2, -0.15) is 0 Å². The van der Waals surface area contributed by atoms with Crippen molar-refractivity contribution in [3.8, 4) is 0 Å². The maximum Gasteiger partial charge on any atom is 0.242 e. The van der Waals surface area contributed by atoms with E-state index in [1.54, 1.807) is 6.20 Å². The molecule has 0 atom stereocenters. The van der Waals surface area contributed by atoms with Crippen LogP contribution in [0.3, 0.4) is 0 Å². The van der Waals surface area contributed by atoms with Crippen LogP contribution in [0.4, 0.5) is 0 Å². The zero-order valence-electron chi connectivity index (χ0n) is 5.20. The molecule has 2 rings (SSSR count). The van der Waals surface area contributed by atoms with Gasteiger partial charge in [0.1, 0.15) is 5.71 Å². The molecule has 0 aromatic carbocycles. The summed E-state index contributed by atoms with van der Waals surface area (Å²) >= 11 is 1.23. The number of rotatable bonds is 0. The minimum Gasteiger partial charge on any atom is -0.279 e. The van der Waals surface area contributed by atoms with Crippen molar-refractivity contribution in [1.29, 1.82) is 0 Å². The number of hydrogen-bond donors (Lipinski definition) is 0. The normalized spacial score (nSPS) is 22.2. The molecule has 0 saturated carbocycles. The number of carbonyl (C=O) groups is 1. The predicted octanol–water partition coefficient (Wildman–Crippen LogP) is 1.50. The van der Waals surface area contributed by atoms with E-state index in [0.717, 1.165) is 12.0 Å². The Hall–Kier alpha value is -0.830. The Balaban J connectivity index is 2.46. The topological polar surface area (TPSA) is 29.4 Å². The quantitative estimate of drug-likeness (QED) is 0.525. The lowest BCUT2D eigenvalue weighted by atomic mass is 10.1. The molecule has 0 radical (unpaired) electrons. The molecular formula is C7H5NOS. The fourth-order valence-electron chi connectivity index (χ4n) is 0.955. The maximum absolute atomic E-state index is 11.0. The van der Waals surface area contributed by atoms with Gasteiger partial charge in [-0.3, -0.25) is 9.79 Å². The van der Waals surface area contributed by atoms with E-state index in [2.05, 4.69) is 4.99 Å². The number of fused-ring (bicyclic) bond motifs is 1. The van der Waals surface area contributed by atoms with Gasteiger partial charge in [-0.25, -0.2) is 0 Å². The number of hydrogen-bond acceptors (Lipinski definition) is 3. The molecule has 0 unspecified atom stereocenters. The Labute approximate surface area is 62.7 Å². The first kappa shape index (κ1) is 5.92. The molecule has 0 N–H and O–H groups in total. The molecule has 0 aromatic rings. The van der Waals surface area contributed by atoms with Crippen LogP contribution in [-0.2, 0) is 4.79 Å². The van der Waals surface area contributed by atoms with Gasteiger partial charge in [-0.1, -0.05) is 17.8 Å². The lowest BCUT2D eigenvalue weighted by Gasteiger charge is -2.00. The van der Waals surface area contributed by atoms with Gasteiger partial charge in [-0.05, 0) is 17.4 Å². The van der Waals surface area contributed by atoms with Crippen LogP contribution in [0.1, 0.15) is 6.42 Å². The van der Waals surface area contributed by atoms with Gasteiger partial charge in [0.05, 0.1) is 0 Å². The van der Waals surface area contributed by atoms with E-state index < -0.39 is 0 Å². The molecule has 3 heteroatoms. The minimum atomic E-state index is 0.0827. The molecule has 10 heavy (non-hydrogen) atoms. The molecule has 0 amide bonds. The number of nitrogens with zero attached hydrogens (tertiary/aromatic N) is 1. The highest BCUT2D eigenvalue weighted by Crippen LogP contribution is 2.26. The largest absolute Gasteiger partial charge is 0.279 e. The summed E-state index contributed by atoms with van der Waals surface area (Å²) in [5.74, 6) is 0. The van der Waals surface area contributed by atoms with Crippen molar-refractivity contribution in [2.45, 2.75) is 6.42 Å². The SMILES string of the molecule is O=C1SC=C2CC=CN=C12. The van der Waals surface area contributed by atoms with E-state index in [9.17, 15) is 4.79 Å². The van der Waals surface area contributed by atoms with Gasteiger partial charge in [0.25, 0.3) is 0 Å².